The lowest BCUT2D eigenvalue weighted by atomic mass is 10.1. The number of ether oxygens (including phenoxy) is 2. The quantitative estimate of drug-likeness (QED) is 0.477. The van der Waals surface area contributed by atoms with Crippen LogP contribution >= 0.6 is 0 Å². The molecule has 1 amide bonds. The Morgan fingerprint density at radius 3 is 2.64 bits per heavy atom. The van der Waals surface area contributed by atoms with E-state index in [1.165, 1.54) is 0 Å². The maximum atomic E-state index is 11.9. The van der Waals surface area contributed by atoms with Crippen LogP contribution in [0.25, 0.3) is 10.8 Å². The number of hydrogen-bond acceptors (Lipinski definition) is 5. The average Bonchev–Trinajstić information content (AvgIpc) is 2.63. The molecular weight excluding hydrogens is 320 g/mol. The molecule has 0 aliphatic carbocycles. The van der Waals surface area contributed by atoms with Gasteiger partial charge in [0.15, 0.2) is 6.61 Å². The molecule has 2 aromatic rings. The summed E-state index contributed by atoms with van der Waals surface area (Å²) in [4.78, 5) is 23.5. The summed E-state index contributed by atoms with van der Waals surface area (Å²) in [6.45, 7) is 5.22. The van der Waals surface area contributed by atoms with Crippen LogP contribution < -0.4 is 10.2 Å². The molecule has 6 heteroatoms. The largest absolute Gasteiger partial charge is 0.483 e. The van der Waals surface area contributed by atoms with Crippen molar-refractivity contribution in [1.82, 2.24) is 5.43 Å². The zero-order chi connectivity index (χ0) is 18.2. The molecule has 0 spiro atoms. The second kappa shape index (κ2) is 8.82. The summed E-state index contributed by atoms with van der Waals surface area (Å²) in [5.41, 5.74) is 2.86. The summed E-state index contributed by atoms with van der Waals surface area (Å²) in [5.74, 6) is -0.651. The first-order valence-electron chi connectivity index (χ1n) is 8.13. The minimum absolute atomic E-state index is 0.168. The van der Waals surface area contributed by atoms with Gasteiger partial charge >= 0.3 is 5.97 Å². The number of amides is 1. The number of nitrogens with zero attached hydrogens (tertiary/aromatic N) is 1. The van der Waals surface area contributed by atoms with Gasteiger partial charge in [0.05, 0.1) is 12.5 Å². The molecular formula is C19H22N2O4. The van der Waals surface area contributed by atoms with Crippen molar-refractivity contribution in [2.24, 2.45) is 11.0 Å². The van der Waals surface area contributed by atoms with Crippen molar-refractivity contribution >= 4 is 28.4 Å². The monoisotopic (exact) mass is 342 g/mol. The summed E-state index contributed by atoms with van der Waals surface area (Å²) in [6, 6.07) is 13.4. The normalized spacial score (nSPS) is 12.5. The molecule has 1 unspecified atom stereocenters. The lowest BCUT2D eigenvalue weighted by molar-refractivity contribution is -0.145. The van der Waals surface area contributed by atoms with Gasteiger partial charge in [0.1, 0.15) is 5.75 Å². The second-order valence-electron chi connectivity index (χ2n) is 5.53. The van der Waals surface area contributed by atoms with Gasteiger partial charge in [0.2, 0.25) is 0 Å². The number of rotatable bonds is 7. The Morgan fingerprint density at radius 2 is 1.88 bits per heavy atom. The number of carbonyl (C=O) groups is 2. The maximum Gasteiger partial charge on any atom is 0.314 e. The first-order chi connectivity index (χ1) is 12.0. The van der Waals surface area contributed by atoms with Crippen molar-refractivity contribution in [1.29, 1.82) is 0 Å². The molecule has 0 bridgehead atoms. The van der Waals surface area contributed by atoms with Crippen LogP contribution in [0, 0.1) is 5.92 Å². The second-order valence-corrected chi connectivity index (χ2v) is 5.53. The van der Waals surface area contributed by atoms with Gasteiger partial charge in [-0.1, -0.05) is 36.4 Å². The Kier molecular flexibility index (Phi) is 6.51. The lowest BCUT2D eigenvalue weighted by Crippen LogP contribution is -2.28. The van der Waals surface area contributed by atoms with Crippen molar-refractivity contribution in [3.8, 4) is 5.75 Å². The number of benzene rings is 2. The molecule has 0 aliphatic heterocycles. The maximum absolute atomic E-state index is 11.9. The Hall–Kier alpha value is -2.89. The summed E-state index contributed by atoms with van der Waals surface area (Å²) in [7, 11) is 0. The number of hydrazone groups is 1. The highest BCUT2D eigenvalue weighted by Crippen LogP contribution is 2.24. The minimum atomic E-state index is -0.515. The minimum Gasteiger partial charge on any atom is -0.483 e. The van der Waals surface area contributed by atoms with Gasteiger partial charge in [-0.05, 0) is 32.2 Å². The van der Waals surface area contributed by atoms with Crippen molar-refractivity contribution < 1.29 is 19.1 Å². The predicted octanol–water partition coefficient (Wildman–Crippen LogP) is 2.91. The van der Waals surface area contributed by atoms with Crippen LogP contribution in [0.15, 0.2) is 47.6 Å². The number of hydrogen-bond donors (Lipinski definition) is 1. The fraction of sp³-hybridized carbons (Fsp3) is 0.316. The van der Waals surface area contributed by atoms with Crippen LogP contribution in [0.2, 0.25) is 0 Å². The van der Waals surface area contributed by atoms with Crippen molar-refractivity contribution in [3.05, 3.63) is 42.5 Å². The fourth-order valence-corrected chi connectivity index (χ4v) is 2.18. The SMILES string of the molecule is CCOC(=O)C(C)/C(C)=N\NC(=O)COc1cccc2ccccc12. The summed E-state index contributed by atoms with van der Waals surface area (Å²) < 4.78 is 10.5. The van der Waals surface area contributed by atoms with Crippen molar-refractivity contribution in [2.45, 2.75) is 20.8 Å². The molecule has 25 heavy (non-hydrogen) atoms. The van der Waals surface area contributed by atoms with Gasteiger partial charge in [-0.2, -0.15) is 5.10 Å². The molecule has 6 nitrogen and oxygen atoms in total. The van der Waals surface area contributed by atoms with Crippen molar-refractivity contribution in [3.63, 3.8) is 0 Å². The fourth-order valence-electron chi connectivity index (χ4n) is 2.18. The van der Waals surface area contributed by atoms with E-state index in [1.54, 1.807) is 20.8 Å². The number of fused-ring (bicyclic) bond motifs is 1. The van der Waals surface area contributed by atoms with Gasteiger partial charge in [-0.25, -0.2) is 5.43 Å². The molecule has 0 heterocycles. The summed E-state index contributed by atoms with van der Waals surface area (Å²) >= 11 is 0. The van der Waals surface area contributed by atoms with E-state index in [2.05, 4.69) is 10.5 Å². The van der Waals surface area contributed by atoms with E-state index in [0.29, 0.717) is 18.1 Å². The lowest BCUT2D eigenvalue weighted by Gasteiger charge is -2.11. The molecule has 0 fully saturated rings. The van der Waals surface area contributed by atoms with Gasteiger partial charge in [-0.15, -0.1) is 0 Å². The zero-order valence-corrected chi connectivity index (χ0v) is 14.6. The molecule has 2 rings (SSSR count). The topological polar surface area (TPSA) is 77.0 Å². The molecule has 0 radical (unpaired) electrons. The Bertz CT molecular complexity index is 781. The molecule has 132 valence electrons. The molecule has 0 saturated heterocycles. The third-order valence-electron chi connectivity index (χ3n) is 3.73. The predicted molar refractivity (Wildman–Crippen MR) is 96.5 cm³/mol. The van der Waals surface area contributed by atoms with E-state index >= 15 is 0 Å². The third-order valence-corrected chi connectivity index (χ3v) is 3.73. The highest BCUT2D eigenvalue weighted by atomic mass is 16.5. The molecule has 0 saturated carbocycles. The first kappa shape index (κ1) is 18.4. The Labute approximate surface area is 146 Å². The highest BCUT2D eigenvalue weighted by molar-refractivity contribution is 6.00. The summed E-state index contributed by atoms with van der Waals surface area (Å²) in [6.07, 6.45) is 0. The standard InChI is InChI=1S/C19H22N2O4/c1-4-24-19(23)13(2)14(3)20-21-18(22)12-25-17-11-7-9-15-8-5-6-10-16(15)17/h5-11,13H,4,12H2,1-3H3,(H,21,22)/b20-14-. The highest BCUT2D eigenvalue weighted by Gasteiger charge is 2.17. The third kappa shape index (κ3) is 5.04. The van der Waals surface area contributed by atoms with E-state index in [1.807, 2.05) is 42.5 Å². The molecule has 0 aromatic heterocycles. The van der Waals surface area contributed by atoms with Crippen LogP contribution in [0.4, 0.5) is 0 Å². The number of esters is 1. The summed E-state index contributed by atoms with van der Waals surface area (Å²) in [5, 5.41) is 5.92. The Balaban J connectivity index is 1.92. The van der Waals surface area contributed by atoms with Gasteiger partial charge in [0.25, 0.3) is 5.91 Å². The molecule has 2 aromatic carbocycles. The van der Waals surface area contributed by atoms with E-state index in [4.69, 9.17) is 9.47 Å². The van der Waals surface area contributed by atoms with E-state index in [-0.39, 0.29) is 12.6 Å². The molecule has 0 aliphatic rings. The zero-order valence-electron chi connectivity index (χ0n) is 14.6. The number of nitrogens with one attached hydrogen (secondary N) is 1. The van der Waals surface area contributed by atoms with Crippen LogP contribution in [0.3, 0.4) is 0 Å². The van der Waals surface area contributed by atoms with E-state index in [0.717, 1.165) is 10.8 Å². The Morgan fingerprint density at radius 1 is 1.16 bits per heavy atom. The van der Waals surface area contributed by atoms with Gasteiger partial charge in [0, 0.05) is 11.1 Å². The van der Waals surface area contributed by atoms with Gasteiger partial charge in [-0.3, -0.25) is 9.59 Å². The molecule has 1 atom stereocenters. The first-order valence-corrected chi connectivity index (χ1v) is 8.13. The van der Waals surface area contributed by atoms with Crippen molar-refractivity contribution in [2.75, 3.05) is 13.2 Å². The smallest absolute Gasteiger partial charge is 0.314 e. The number of carbonyl (C=O) groups excluding carboxylic acids is 2. The van der Waals surface area contributed by atoms with Crippen LogP contribution in [0.1, 0.15) is 20.8 Å². The van der Waals surface area contributed by atoms with Crippen LogP contribution in [-0.4, -0.2) is 30.8 Å². The van der Waals surface area contributed by atoms with E-state index in [9.17, 15) is 9.59 Å². The van der Waals surface area contributed by atoms with Gasteiger partial charge < -0.3 is 9.47 Å². The molecule has 1 N–H and O–H groups in total. The van der Waals surface area contributed by atoms with Crippen LogP contribution in [-0.2, 0) is 14.3 Å². The average molecular weight is 342 g/mol. The van der Waals surface area contributed by atoms with E-state index < -0.39 is 11.8 Å². The van der Waals surface area contributed by atoms with Crippen LogP contribution in [0.5, 0.6) is 5.75 Å².